The molecule has 1 fully saturated rings. The normalized spacial score (nSPS) is 19.8. The average Bonchev–Trinajstić information content (AvgIpc) is 2.32. The predicted molar refractivity (Wildman–Crippen MR) is 80.8 cm³/mol. The van der Waals surface area contributed by atoms with Gasteiger partial charge in [-0.15, -0.1) is 0 Å². The summed E-state index contributed by atoms with van der Waals surface area (Å²) in [5, 5.41) is 3.43. The summed E-state index contributed by atoms with van der Waals surface area (Å²) in [4.78, 5) is 2.61. The van der Waals surface area contributed by atoms with Crippen LogP contribution < -0.4 is 5.32 Å². The van der Waals surface area contributed by atoms with Crippen molar-refractivity contribution in [3.63, 3.8) is 0 Å². The maximum atomic E-state index is 3.52. The highest BCUT2D eigenvalue weighted by Crippen LogP contribution is 2.38. The molecule has 3 heteroatoms. The Bertz CT molecular complexity index is 374. The molecular formula is C15H23BrN2. The fraction of sp³-hybridized carbons (Fsp3) is 0.600. The van der Waals surface area contributed by atoms with Gasteiger partial charge in [-0.2, -0.15) is 0 Å². The maximum absolute atomic E-state index is 3.52. The van der Waals surface area contributed by atoms with Gasteiger partial charge in [0.2, 0.25) is 0 Å². The summed E-state index contributed by atoms with van der Waals surface area (Å²) in [6, 6.07) is 9.30. The Morgan fingerprint density at radius 1 is 1.11 bits per heavy atom. The van der Waals surface area contributed by atoms with Crippen molar-refractivity contribution in [3.8, 4) is 0 Å². The smallest absolute Gasteiger partial charge is 0.0397 e. The summed E-state index contributed by atoms with van der Waals surface area (Å²) < 4.78 is 1.15. The van der Waals surface area contributed by atoms with Gasteiger partial charge in [0.25, 0.3) is 0 Å². The number of benzene rings is 1. The van der Waals surface area contributed by atoms with Gasteiger partial charge in [-0.3, -0.25) is 4.90 Å². The molecule has 2 nitrogen and oxygen atoms in total. The van der Waals surface area contributed by atoms with Gasteiger partial charge in [-0.1, -0.05) is 48.8 Å². The molecule has 0 aliphatic carbocycles. The third kappa shape index (κ3) is 3.34. The van der Waals surface area contributed by atoms with Crippen molar-refractivity contribution in [3.05, 3.63) is 34.3 Å². The molecule has 100 valence electrons. The first-order valence-corrected chi connectivity index (χ1v) is 7.48. The van der Waals surface area contributed by atoms with E-state index >= 15 is 0 Å². The van der Waals surface area contributed by atoms with Crippen LogP contribution in [0.15, 0.2) is 28.7 Å². The second kappa shape index (κ2) is 5.72. The fourth-order valence-electron chi connectivity index (χ4n) is 2.84. The number of hydrogen-bond acceptors (Lipinski definition) is 2. The summed E-state index contributed by atoms with van der Waals surface area (Å²) in [7, 11) is 0. The number of rotatable bonds is 2. The van der Waals surface area contributed by atoms with Gasteiger partial charge in [0, 0.05) is 36.7 Å². The van der Waals surface area contributed by atoms with E-state index in [1.807, 2.05) is 0 Å². The Labute approximate surface area is 119 Å². The lowest BCUT2D eigenvalue weighted by molar-refractivity contribution is 0.0862. The molecule has 0 spiro atoms. The van der Waals surface area contributed by atoms with Crippen LogP contribution in [-0.2, 0) is 0 Å². The molecule has 0 unspecified atom stereocenters. The standard InChI is InChI=1S/C15H23BrN2/c1-15(2,3)14(18-10-8-17-9-11-18)12-4-6-13(16)7-5-12/h4-7,14,17H,8-11H2,1-3H3/t14-/m0/s1. The quantitative estimate of drug-likeness (QED) is 0.900. The lowest BCUT2D eigenvalue weighted by Crippen LogP contribution is -2.48. The molecule has 0 saturated carbocycles. The van der Waals surface area contributed by atoms with Gasteiger partial charge in [0.05, 0.1) is 0 Å². The van der Waals surface area contributed by atoms with Gasteiger partial charge >= 0.3 is 0 Å². The molecule has 1 saturated heterocycles. The fourth-order valence-corrected chi connectivity index (χ4v) is 3.11. The summed E-state index contributed by atoms with van der Waals surface area (Å²) in [5.74, 6) is 0. The van der Waals surface area contributed by atoms with E-state index in [1.54, 1.807) is 0 Å². The maximum Gasteiger partial charge on any atom is 0.0397 e. The molecule has 1 aliphatic heterocycles. The van der Waals surface area contributed by atoms with E-state index in [0.717, 1.165) is 30.7 Å². The van der Waals surface area contributed by atoms with Gasteiger partial charge in [-0.05, 0) is 23.1 Å². The van der Waals surface area contributed by atoms with Crippen molar-refractivity contribution in [2.75, 3.05) is 26.2 Å². The molecule has 1 aliphatic rings. The summed E-state index contributed by atoms with van der Waals surface area (Å²) >= 11 is 3.52. The van der Waals surface area contributed by atoms with Crippen LogP contribution in [0.25, 0.3) is 0 Å². The molecule has 0 aromatic heterocycles. The van der Waals surface area contributed by atoms with Crippen molar-refractivity contribution in [1.82, 2.24) is 10.2 Å². The Kier molecular flexibility index (Phi) is 4.46. The number of halogens is 1. The van der Waals surface area contributed by atoms with E-state index in [2.05, 4.69) is 71.2 Å². The molecule has 0 bridgehead atoms. The summed E-state index contributed by atoms with van der Waals surface area (Å²) in [6.45, 7) is 11.5. The highest BCUT2D eigenvalue weighted by molar-refractivity contribution is 9.10. The topological polar surface area (TPSA) is 15.3 Å². The Balaban J connectivity index is 2.27. The van der Waals surface area contributed by atoms with Crippen molar-refractivity contribution in [2.24, 2.45) is 5.41 Å². The van der Waals surface area contributed by atoms with E-state index in [1.165, 1.54) is 5.56 Å². The minimum atomic E-state index is 0.255. The van der Waals surface area contributed by atoms with E-state index in [0.29, 0.717) is 6.04 Å². The highest BCUT2D eigenvalue weighted by atomic mass is 79.9. The molecular weight excluding hydrogens is 288 g/mol. The predicted octanol–water partition coefficient (Wildman–Crippen LogP) is 3.44. The Morgan fingerprint density at radius 3 is 2.17 bits per heavy atom. The van der Waals surface area contributed by atoms with Crippen LogP contribution in [0.4, 0.5) is 0 Å². The third-order valence-electron chi connectivity index (χ3n) is 3.52. The van der Waals surface area contributed by atoms with Crippen molar-refractivity contribution < 1.29 is 0 Å². The van der Waals surface area contributed by atoms with Crippen LogP contribution in [0.1, 0.15) is 32.4 Å². The number of piperazine rings is 1. The number of nitrogens with one attached hydrogen (secondary N) is 1. The number of nitrogens with zero attached hydrogens (tertiary/aromatic N) is 1. The molecule has 0 radical (unpaired) electrons. The molecule has 0 amide bonds. The minimum Gasteiger partial charge on any atom is -0.314 e. The second-order valence-electron chi connectivity index (χ2n) is 6.11. The van der Waals surface area contributed by atoms with Gasteiger partial charge in [-0.25, -0.2) is 0 Å². The third-order valence-corrected chi connectivity index (χ3v) is 4.05. The number of hydrogen-bond donors (Lipinski definition) is 1. The zero-order valence-electron chi connectivity index (χ0n) is 11.5. The molecule has 1 heterocycles. The van der Waals surface area contributed by atoms with Crippen LogP contribution in [0.3, 0.4) is 0 Å². The summed E-state index contributed by atoms with van der Waals surface area (Å²) in [6.07, 6.45) is 0. The van der Waals surface area contributed by atoms with Crippen LogP contribution in [0.5, 0.6) is 0 Å². The highest BCUT2D eigenvalue weighted by Gasteiger charge is 2.32. The SMILES string of the molecule is CC(C)(C)[C@H](c1ccc(Br)cc1)N1CCNCC1. The van der Waals surface area contributed by atoms with Gasteiger partial charge in [0.15, 0.2) is 0 Å². The molecule has 1 N–H and O–H groups in total. The minimum absolute atomic E-state index is 0.255. The molecule has 1 aromatic carbocycles. The van der Waals surface area contributed by atoms with Crippen LogP contribution in [-0.4, -0.2) is 31.1 Å². The zero-order chi connectivity index (χ0) is 13.2. The molecule has 1 atom stereocenters. The average molecular weight is 311 g/mol. The van der Waals surface area contributed by atoms with E-state index in [-0.39, 0.29) is 5.41 Å². The Morgan fingerprint density at radius 2 is 1.67 bits per heavy atom. The van der Waals surface area contributed by atoms with E-state index < -0.39 is 0 Å². The van der Waals surface area contributed by atoms with Gasteiger partial charge in [0.1, 0.15) is 0 Å². The molecule has 1 aromatic rings. The zero-order valence-corrected chi connectivity index (χ0v) is 13.1. The van der Waals surface area contributed by atoms with E-state index in [4.69, 9.17) is 0 Å². The molecule has 18 heavy (non-hydrogen) atoms. The largest absolute Gasteiger partial charge is 0.314 e. The monoisotopic (exact) mass is 310 g/mol. The van der Waals surface area contributed by atoms with Crippen LogP contribution >= 0.6 is 15.9 Å². The Hall–Kier alpha value is -0.380. The van der Waals surface area contributed by atoms with E-state index in [9.17, 15) is 0 Å². The van der Waals surface area contributed by atoms with Crippen LogP contribution in [0.2, 0.25) is 0 Å². The van der Waals surface area contributed by atoms with Gasteiger partial charge < -0.3 is 5.32 Å². The lowest BCUT2D eigenvalue weighted by atomic mass is 9.81. The first-order chi connectivity index (χ1) is 8.48. The summed E-state index contributed by atoms with van der Waals surface area (Å²) in [5.41, 5.74) is 1.68. The van der Waals surface area contributed by atoms with Crippen LogP contribution in [0, 0.1) is 5.41 Å². The van der Waals surface area contributed by atoms with Crippen molar-refractivity contribution in [1.29, 1.82) is 0 Å². The van der Waals surface area contributed by atoms with Crippen molar-refractivity contribution >= 4 is 15.9 Å². The first kappa shape index (κ1) is 14.0. The first-order valence-electron chi connectivity index (χ1n) is 6.69. The molecule has 2 rings (SSSR count). The lowest BCUT2D eigenvalue weighted by Gasteiger charge is -2.42. The van der Waals surface area contributed by atoms with Crippen molar-refractivity contribution in [2.45, 2.75) is 26.8 Å². The second-order valence-corrected chi connectivity index (χ2v) is 7.02.